The van der Waals surface area contributed by atoms with Crippen LogP contribution in [0.5, 0.6) is 0 Å². The van der Waals surface area contributed by atoms with Gasteiger partial charge in [-0.25, -0.2) is 9.31 Å². The van der Waals surface area contributed by atoms with E-state index in [0.717, 1.165) is 29.9 Å². The normalized spacial score (nSPS) is 17.7. The monoisotopic (exact) mass is 350 g/mol. The Labute approximate surface area is 152 Å². The van der Waals surface area contributed by atoms with Crippen molar-refractivity contribution in [2.45, 2.75) is 32.4 Å². The zero-order chi connectivity index (χ0) is 18.1. The molecule has 0 N–H and O–H groups in total. The maximum Gasteiger partial charge on any atom is 0.358 e. The predicted octanol–water partition coefficient (Wildman–Crippen LogP) is 3.17. The molecule has 26 heavy (non-hydrogen) atoms. The van der Waals surface area contributed by atoms with Crippen LogP contribution >= 0.6 is 0 Å². The lowest BCUT2D eigenvalue weighted by atomic mass is 10.1. The molecule has 1 unspecified atom stereocenters. The molecular formula is C20H22N4O2. The summed E-state index contributed by atoms with van der Waals surface area (Å²) in [6.45, 7) is 4.40. The Kier molecular flexibility index (Phi) is 4.42. The number of hydrogen-bond acceptors (Lipinski definition) is 5. The van der Waals surface area contributed by atoms with Crippen molar-refractivity contribution in [3.8, 4) is 11.3 Å². The van der Waals surface area contributed by atoms with E-state index in [1.807, 2.05) is 6.07 Å². The van der Waals surface area contributed by atoms with Crippen molar-refractivity contribution >= 4 is 11.5 Å². The maximum absolute atomic E-state index is 11.8. The number of methoxy groups -OCH3 is 1. The molecule has 1 aliphatic rings. The van der Waals surface area contributed by atoms with Crippen LogP contribution in [0.2, 0.25) is 0 Å². The summed E-state index contributed by atoms with van der Waals surface area (Å²) < 4.78 is 6.44. The van der Waals surface area contributed by atoms with Gasteiger partial charge in [-0.15, -0.1) is 0 Å². The van der Waals surface area contributed by atoms with Crippen molar-refractivity contribution in [1.82, 2.24) is 19.5 Å². The van der Waals surface area contributed by atoms with Crippen LogP contribution in [-0.4, -0.2) is 45.2 Å². The maximum atomic E-state index is 11.8. The number of hydrogen-bond donors (Lipinski definition) is 0. The van der Waals surface area contributed by atoms with E-state index in [9.17, 15) is 4.79 Å². The molecule has 6 heteroatoms. The van der Waals surface area contributed by atoms with Gasteiger partial charge in [-0.05, 0) is 37.9 Å². The Morgan fingerprint density at radius 2 is 2.23 bits per heavy atom. The molecule has 6 nitrogen and oxygen atoms in total. The van der Waals surface area contributed by atoms with Crippen LogP contribution in [0.25, 0.3) is 16.8 Å². The van der Waals surface area contributed by atoms with Crippen molar-refractivity contribution < 1.29 is 9.53 Å². The Morgan fingerprint density at radius 3 is 3.00 bits per heavy atom. The highest BCUT2D eigenvalue weighted by molar-refractivity contribution is 5.90. The van der Waals surface area contributed by atoms with Crippen LogP contribution in [0, 0.1) is 0 Å². The van der Waals surface area contributed by atoms with Gasteiger partial charge >= 0.3 is 5.97 Å². The topological polar surface area (TPSA) is 59.7 Å². The summed E-state index contributed by atoms with van der Waals surface area (Å²) in [6, 6.07) is 10.8. The molecule has 1 atom stereocenters. The van der Waals surface area contributed by atoms with Crippen LogP contribution < -0.4 is 0 Å². The molecule has 1 fully saturated rings. The fourth-order valence-electron chi connectivity index (χ4n) is 3.63. The van der Waals surface area contributed by atoms with Gasteiger partial charge in [0.1, 0.15) is 0 Å². The van der Waals surface area contributed by atoms with Crippen molar-refractivity contribution in [2.75, 3.05) is 13.7 Å². The average Bonchev–Trinajstić information content (AvgIpc) is 3.27. The Bertz CT molecular complexity index is 950. The number of fused-ring (bicyclic) bond motifs is 1. The van der Waals surface area contributed by atoms with Crippen LogP contribution in [0.15, 0.2) is 42.7 Å². The number of nitrogens with zero attached hydrogens (tertiary/aromatic N) is 4. The molecule has 1 aliphatic heterocycles. The number of esters is 1. The van der Waals surface area contributed by atoms with Gasteiger partial charge in [-0.3, -0.25) is 9.88 Å². The quantitative estimate of drug-likeness (QED) is 0.677. The second-order valence-corrected chi connectivity index (χ2v) is 6.79. The van der Waals surface area contributed by atoms with E-state index in [4.69, 9.17) is 4.74 Å². The molecule has 0 spiro atoms. The van der Waals surface area contributed by atoms with Crippen molar-refractivity contribution in [2.24, 2.45) is 0 Å². The molecule has 1 aromatic carbocycles. The molecule has 0 saturated carbocycles. The molecular weight excluding hydrogens is 328 g/mol. The van der Waals surface area contributed by atoms with E-state index in [1.54, 1.807) is 23.0 Å². The Morgan fingerprint density at radius 1 is 1.35 bits per heavy atom. The van der Waals surface area contributed by atoms with Crippen molar-refractivity contribution in [1.29, 1.82) is 0 Å². The molecule has 0 bridgehead atoms. The standard InChI is InChI=1S/C20H22N4O2/c1-14-5-4-9-23(14)13-15-6-3-7-16(11-15)19-18-12-17(20(25)26-2)22-24(18)10-8-21-19/h3,6-8,10-12,14H,4-5,9,13H2,1-2H3. The van der Waals surface area contributed by atoms with E-state index >= 15 is 0 Å². The first-order chi connectivity index (χ1) is 12.7. The van der Waals surface area contributed by atoms with Gasteiger partial charge in [-0.2, -0.15) is 5.10 Å². The number of carbonyl (C=O) groups is 1. The van der Waals surface area contributed by atoms with Gasteiger partial charge in [0.2, 0.25) is 0 Å². The molecule has 0 amide bonds. The Hall–Kier alpha value is -2.73. The highest BCUT2D eigenvalue weighted by atomic mass is 16.5. The molecule has 3 heterocycles. The van der Waals surface area contributed by atoms with Crippen molar-refractivity contribution in [3.63, 3.8) is 0 Å². The van der Waals surface area contributed by atoms with Crippen LogP contribution in [0.1, 0.15) is 35.8 Å². The highest BCUT2D eigenvalue weighted by Crippen LogP contribution is 2.26. The minimum Gasteiger partial charge on any atom is -0.464 e. The molecule has 1 saturated heterocycles. The van der Waals surface area contributed by atoms with Gasteiger partial charge in [0, 0.05) is 36.6 Å². The molecule has 4 rings (SSSR count). The second-order valence-electron chi connectivity index (χ2n) is 6.79. The summed E-state index contributed by atoms with van der Waals surface area (Å²) in [5.74, 6) is -0.448. The number of rotatable bonds is 4. The summed E-state index contributed by atoms with van der Waals surface area (Å²) in [4.78, 5) is 18.8. The molecule has 2 aromatic heterocycles. The molecule has 0 radical (unpaired) electrons. The van der Waals surface area contributed by atoms with Crippen LogP contribution in [-0.2, 0) is 11.3 Å². The summed E-state index contributed by atoms with van der Waals surface area (Å²) >= 11 is 0. The second kappa shape index (κ2) is 6.88. The Balaban J connectivity index is 1.70. The third kappa shape index (κ3) is 3.08. The van der Waals surface area contributed by atoms with Gasteiger partial charge < -0.3 is 4.74 Å². The van der Waals surface area contributed by atoms with Gasteiger partial charge in [0.25, 0.3) is 0 Å². The van der Waals surface area contributed by atoms with E-state index in [2.05, 4.69) is 40.1 Å². The SMILES string of the molecule is COC(=O)c1cc2c(-c3cccc(CN4CCCC4C)c3)nccn2n1. The third-order valence-corrected chi connectivity index (χ3v) is 5.06. The summed E-state index contributed by atoms with van der Waals surface area (Å²) in [5, 5.41) is 4.28. The fourth-order valence-corrected chi connectivity index (χ4v) is 3.63. The zero-order valence-corrected chi connectivity index (χ0v) is 15.1. The smallest absolute Gasteiger partial charge is 0.358 e. The average molecular weight is 350 g/mol. The number of carbonyl (C=O) groups excluding carboxylic acids is 1. The van der Waals surface area contributed by atoms with Crippen molar-refractivity contribution in [3.05, 3.63) is 54.0 Å². The minimum absolute atomic E-state index is 0.281. The lowest BCUT2D eigenvalue weighted by Gasteiger charge is -2.21. The first-order valence-electron chi connectivity index (χ1n) is 8.92. The summed E-state index contributed by atoms with van der Waals surface area (Å²) in [6.07, 6.45) is 5.98. The van der Waals surface area contributed by atoms with E-state index < -0.39 is 5.97 Å². The largest absolute Gasteiger partial charge is 0.464 e. The van der Waals surface area contributed by atoms with Gasteiger partial charge in [-0.1, -0.05) is 18.2 Å². The number of aromatic nitrogens is 3. The van der Waals surface area contributed by atoms with Gasteiger partial charge in [0.05, 0.1) is 18.3 Å². The lowest BCUT2D eigenvalue weighted by molar-refractivity contribution is 0.0593. The predicted molar refractivity (Wildman–Crippen MR) is 98.9 cm³/mol. The third-order valence-electron chi connectivity index (χ3n) is 5.06. The van der Waals surface area contributed by atoms with Gasteiger partial charge in [0.15, 0.2) is 5.69 Å². The van der Waals surface area contributed by atoms with E-state index in [-0.39, 0.29) is 5.69 Å². The van der Waals surface area contributed by atoms with E-state index in [0.29, 0.717) is 6.04 Å². The molecule has 3 aromatic rings. The highest BCUT2D eigenvalue weighted by Gasteiger charge is 2.20. The number of benzene rings is 1. The van der Waals surface area contributed by atoms with E-state index in [1.165, 1.54) is 25.5 Å². The van der Waals surface area contributed by atoms with Crippen LogP contribution in [0.4, 0.5) is 0 Å². The van der Waals surface area contributed by atoms with Crippen LogP contribution in [0.3, 0.4) is 0 Å². The first kappa shape index (κ1) is 16.7. The number of likely N-dealkylation sites (tertiary alicyclic amines) is 1. The molecule has 0 aliphatic carbocycles. The minimum atomic E-state index is -0.448. The fraction of sp³-hybridized carbons (Fsp3) is 0.350. The molecule has 134 valence electrons. The lowest BCUT2D eigenvalue weighted by Crippen LogP contribution is -2.26. The zero-order valence-electron chi connectivity index (χ0n) is 15.1. The summed E-state index contributed by atoms with van der Waals surface area (Å²) in [7, 11) is 1.36. The summed E-state index contributed by atoms with van der Waals surface area (Å²) in [5.41, 5.74) is 4.18. The first-order valence-corrected chi connectivity index (χ1v) is 8.92. The number of ether oxygens (including phenoxy) is 1.